The smallest absolute Gasteiger partial charge is 0.257 e. The third-order valence-electron chi connectivity index (χ3n) is 3.58. The summed E-state index contributed by atoms with van der Waals surface area (Å²) < 4.78 is 5.60. The molecule has 1 aliphatic heterocycles. The number of carbonyl (C=O) groups excluding carboxylic acids is 1. The summed E-state index contributed by atoms with van der Waals surface area (Å²) in [6, 6.07) is 2.10. The molecule has 0 bridgehead atoms. The molecule has 122 valence electrons. The first kappa shape index (κ1) is 15.7. The van der Waals surface area contributed by atoms with Crippen molar-refractivity contribution in [2.75, 3.05) is 18.4 Å². The Labute approximate surface area is 139 Å². The fraction of sp³-hybridized carbons (Fsp3) is 0.438. The second-order valence-electron chi connectivity index (χ2n) is 5.66. The van der Waals surface area contributed by atoms with Crippen LogP contribution in [-0.4, -0.2) is 40.0 Å². The number of hydrogen-bond acceptors (Lipinski definition) is 6. The quantitative estimate of drug-likeness (QED) is 0.910. The van der Waals surface area contributed by atoms with Crippen LogP contribution in [0.15, 0.2) is 23.8 Å². The van der Waals surface area contributed by atoms with Crippen molar-refractivity contribution in [3.63, 3.8) is 0 Å². The van der Waals surface area contributed by atoms with Crippen LogP contribution in [0.2, 0.25) is 0 Å². The largest absolute Gasteiger partial charge is 0.472 e. The van der Waals surface area contributed by atoms with E-state index in [0.717, 1.165) is 13.0 Å². The number of nitrogens with zero attached hydrogens (tertiary/aromatic N) is 3. The summed E-state index contributed by atoms with van der Waals surface area (Å²) in [5.41, 5.74) is 1.26. The molecule has 0 saturated heterocycles. The maximum Gasteiger partial charge on any atom is 0.257 e. The van der Waals surface area contributed by atoms with Gasteiger partial charge in [-0.25, -0.2) is 9.97 Å². The van der Waals surface area contributed by atoms with Crippen LogP contribution in [0.5, 0.6) is 5.88 Å². The fourth-order valence-electron chi connectivity index (χ4n) is 2.49. The molecule has 0 saturated carbocycles. The van der Waals surface area contributed by atoms with E-state index in [0.29, 0.717) is 18.2 Å². The van der Waals surface area contributed by atoms with Crippen LogP contribution >= 0.6 is 11.3 Å². The molecule has 0 aromatic carbocycles. The van der Waals surface area contributed by atoms with E-state index in [9.17, 15) is 4.79 Å². The molecule has 3 rings (SSSR count). The van der Waals surface area contributed by atoms with Crippen LogP contribution in [0.3, 0.4) is 0 Å². The lowest BCUT2D eigenvalue weighted by atomic mass is 10.1. The van der Waals surface area contributed by atoms with E-state index in [1.165, 1.54) is 10.4 Å². The molecule has 1 N–H and O–H groups in total. The van der Waals surface area contributed by atoms with Crippen molar-refractivity contribution in [1.29, 1.82) is 0 Å². The van der Waals surface area contributed by atoms with Gasteiger partial charge in [-0.15, -0.1) is 11.3 Å². The molecule has 6 nitrogen and oxygen atoms in total. The predicted octanol–water partition coefficient (Wildman–Crippen LogP) is 2.32. The van der Waals surface area contributed by atoms with Crippen molar-refractivity contribution < 1.29 is 9.53 Å². The standard InChI is InChI=1S/C16H20N4O2S/c1-11(2)22-16-15(17-5-6-18-16)19-9-14(21)20-7-3-13-12(10-20)4-8-23-13/h4-6,8,11H,3,7,9-10H2,1-2H3,(H,17,19). The van der Waals surface area contributed by atoms with Gasteiger partial charge in [0.05, 0.1) is 12.6 Å². The van der Waals surface area contributed by atoms with Gasteiger partial charge >= 0.3 is 0 Å². The lowest BCUT2D eigenvalue weighted by Gasteiger charge is -2.27. The summed E-state index contributed by atoms with van der Waals surface area (Å²) in [7, 11) is 0. The van der Waals surface area contributed by atoms with E-state index in [4.69, 9.17) is 4.74 Å². The van der Waals surface area contributed by atoms with Crippen molar-refractivity contribution in [2.24, 2.45) is 0 Å². The first-order valence-corrected chi connectivity index (χ1v) is 8.56. The SMILES string of the molecule is CC(C)Oc1nccnc1NCC(=O)N1CCc2sccc2C1. The molecular weight excluding hydrogens is 312 g/mol. The molecule has 23 heavy (non-hydrogen) atoms. The third kappa shape index (κ3) is 3.79. The van der Waals surface area contributed by atoms with E-state index < -0.39 is 0 Å². The maximum atomic E-state index is 12.4. The summed E-state index contributed by atoms with van der Waals surface area (Å²) >= 11 is 1.77. The number of nitrogens with one attached hydrogen (secondary N) is 1. The number of anilines is 1. The van der Waals surface area contributed by atoms with Crippen molar-refractivity contribution in [3.05, 3.63) is 34.3 Å². The Morgan fingerprint density at radius 2 is 2.26 bits per heavy atom. The molecule has 0 fully saturated rings. The van der Waals surface area contributed by atoms with Gasteiger partial charge in [-0.1, -0.05) is 0 Å². The van der Waals surface area contributed by atoms with Crippen LogP contribution in [0.4, 0.5) is 5.82 Å². The molecule has 0 atom stereocenters. The Morgan fingerprint density at radius 1 is 1.43 bits per heavy atom. The number of amides is 1. The zero-order chi connectivity index (χ0) is 16.2. The van der Waals surface area contributed by atoms with Crippen molar-refractivity contribution in [2.45, 2.75) is 32.9 Å². The monoisotopic (exact) mass is 332 g/mol. The highest BCUT2D eigenvalue weighted by Crippen LogP contribution is 2.24. The van der Waals surface area contributed by atoms with E-state index in [-0.39, 0.29) is 18.6 Å². The molecule has 3 heterocycles. The van der Waals surface area contributed by atoms with Gasteiger partial charge in [0, 0.05) is 30.4 Å². The van der Waals surface area contributed by atoms with Gasteiger partial charge in [-0.05, 0) is 37.3 Å². The highest BCUT2D eigenvalue weighted by atomic mass is 32.1. The molecule has 2 aromatic rings. The van der Waals surface area contributed by atoms with Crippen molar-refractivity contribution >= 4 is 23.1 Å². The Kier molecular flexibility index (Phi) is 4.76. The average molecular weight is 332 g/mol. The topological polar surface area (TPSA) is 67.4 Å². The Balaban J connectivity index is 1.60. The van der Waals surface area contributed by atoms with Crippen LogP contribution in [0.25, 0.3) is 0 Å². The van der Waals surface area contributed by atoms with Gasteiger partial charge in [0.1, 0.15) is 0 Å². The van der Waals surface area contributed by atoms with Crippen LogP contribution < -0.4 is 10.1 Å². The Bertz CT molecular complexity index is 686. The summed E-state index contributed by atoms with van der Waals surface area (Å²) in [6.07, 6.45) is 4.10. The summed E-state index contributed by atoms with van der Waals surface area (Å²) in [6.45, 7) is 5.50. The maximum absolute atomic E-state index is 12.4. The average Bonchev–Trinajstić information content (AvgIpc) is 3.00. The first-order chi connectivity index (χ1) is 11.1. The van der Waals surface area contributed by atoms with Gasteiger partial charge in [0.2, 0.25) is 5.91 Å². The van der Waals surface area contributed by atoms with E-state index in [1.54, 1.807) is 23.7 Å². The van der Waals surface area contributed by atoms with Gasteiger partial charge in [-0.3, -0.25) is 4.79 Å². The summed E-state index contributed by atoms with van der Waals surface area (Å²) in [5, 5.41) is 5.14. The van der Waals surface area contributed by atoms with Crippen LogP contribution in [0.1, 0.15) is 24.3 Å². The second-order valence-corrected chi connectivity index (χ2v) is 6.67. The third-order valence-corrected chi connectivity index (χ3v) is 4.60. The van der Waals surface area contributed by atoms with Crippen molar-refractivity contribution in [1.82, 2.24) is 14.9 Å². The summed E-state index contributed by atoms with van der Waals surface area (Å²) in [5.74, 6) is 0.986. The fourth-order valence-corrected chi connectivity index (χ4v) is 3.38. The van der Waals surface area contributed by atoms with Gasteiger partial charge in [-0.2, -0.15) is 0 Å². The molecule has 1 amide bonds. The minimum Gasteiger partial charge on any atom is -0.472 e. The molecule has 0 radical (unpaired) electrons. The zero-order valence-corrected chi connectivity index (χ0v) is 14.1. The number of fused-ring (bicyclic) bond motifs is 1. The zero-order valence-electron chi connectivity index (χ0n) is 13.3. The molecule has 0 aliphatic carbocycles. The number of thiophene rings is 1. The minimum absolute atomic E-state index is 0.00191. The van der Waals surface area contributed by atoms with E-state index in [2.05, 4.69) is 26.7 Å². The molecule has 0 spiro atoms. The first-order valence-electron chi connectivity index (χ1n) is 7.68. The molecule has 0 unspecified atom stereocenters. The molecule has 1 aliphatic rings. The van der Waals surface area contributed by atoms with E-state index in [1.807, 2.05) is 18.7 Å². The number of aromatic nitrogens is 2. The number of hydrogen-bond donors (Lipinski definition) is 1. The number of carbonyl (C=O) groups is 1. The lowest BCUT2D eigenvalue weighted by molar-refractivity contribution is -0.130. The minimum atomic E-state index is 0.00191. The van der Waals surface area contributed by atoms with Crippen LogP contribution in [-0.2, 0) is 17.8 Å². The van der Waals surface area contributed by atoms with Gasteiger partial charge < -0.3 is 15.0 Å². The van der Waals surface area contributed by atoms with E-state index >= 15 is 0 Å². The highest BCUT2D eigenvalue weighted by molar-refractivity contribution is 7.10. The Morgan fingerprint density at radius 3 is 3.09 bits per heavy atom. The molecule has 2 aromatic heterocycles. The summed E-state index contributed by atoms with van der Waals surface area (Å²) in [4.78, 5) is 24.1. The molecular formula is C16H20N4O2S. The second kappa shape index (κ2) is 6.95. The van der Waals surface area contributed by atoms with Crippen molar-refractivity contribution in [3.8, 4) is 5.88 Å². The molecule has 7 heteroatoms. The van der Waals surface area contributed by atoms with Gasteiger partial charge in [0.15, 0.2) is 5.82 Å². The Hall–Kier alpha value is -2.15. The number of ether oxygens (including phenoxy) is 1. The lowest BCUT2D eigenvalue weighted by Crippen LogP contribution is -2.38. The highest BCUT2D eigenvalue weighted by Gasteiger charge is 2.21. The number of rotatable bonds is 5. The predicted molar refractivity (Wildman–Crippen MR) is 89.7 cm³/mol. The van der Waals surface area contributed by atoms with Gasteiger partial charge in [0.25, 0.3) is 5.88 Å². The van der Waals surface area contributed by atoms with Crippen LogP contribution in [0, 0.1) is 0 Å². The normalized spacial score (nSPS) is 13.8.